The van der Waals surface area contributed by atoms with E-state index >= 15 is 0 Å². The van der Waals surface area contributed by atoms with Crippen LogP contribution in [-0.2, 0) is 13.1 Å². The molecule has 0 amide bonds. The largest absolute Gasteiger partial charge is 0.346 e. The highest BCUT2D eigenvalue weighted by Crippen LogP contribution is 2.09. The Morgan fingerprint density at radius 2 is 1.84 bits per heavy atom. The molecule has 1 aromatic heterocycles. The van der Waals surface area contributed by atoms with Gasteiger partial charge in [-0.3, -0.25) is 0 Å². The Kier molecular flexibility index (Phi) is 4.80. The summed E-state index contributed by atoms with van der Waals surface area (Å²) in [7, 11) is 0. The molecule has 2 rings (SSSR count). The first kappa shape index (κ1) is 13.9. The van der Waals surface area contributed by atoms with Gasteiger partial charge in [0.15, 0.2) is 0 Å². The molecule has 2 heteroatoms. The van der Waals surface area contributed by atoms with Gasteiger partial charge in [0.05, 0.1) is 0 Å². The van der Waals surface area contributed by atoms with Gasteiger partial charge in [0.2, 0.25) is 0 Å². The summed E-state index contributed by atoms with van der Waals surface area (Å²) in [5.74, 6) is 0.695. The van der Waals surface area contributed by atoms with Crippen molar-refractivity contribution in [2.75, 3.05) is 6.54 Å². The molecule has 1 heterocycles. The van der Waals surface area contributed by atoms with Gasteiger partial charge in [-0.2, -0.15) is 0 Å². The summed E-state index contributed by atoms with van der Waals surface area (Å²) < 4.78 is 2.32. The first-order chi connectivity index (χ1) is 9.15. The van der Waals surface area contributed by atoms with Crippen molar-refractivity contribution >= 4 is 0 Å². The Morgan fingerprint density at radius 1 is 1.11 bits per heavy atom. The summed E-state index contributed by atoms with van der Waals surface area (Å²) in [5.41, 5.74) is 4.02. The van der Waals surface area contributed by atoms with Crippen LogP contribution in [0.1, 0.15) is 30.7 Å². The third kappa shape index (κ3) is 4.25. The van der Waals surface area contributed by atoms with Crippen molar-refractivity contribution in [2.24, 2.45) is 5.92 Å². The van der Waals surface area contributed by atoms with Crippen LogP contribution in [-0.4, -0.2) is 11.1 Å². The van der Waals surface area contributed by atoms with Crippen LogP contribution >= 0.6 is 0 Å². The minimum atomic E-state index is 0.695. The van der Waals surface area contributed by atoms with Crippen LogP contribution in [0.4, 0.5) is 0 Å². The summed E-state index contributed by atoms with van der Waals surface area (Å²) in [6.07, 6.45) is 2.16. The van der Waals surface area contributed by atoms with Gasteiger partial charge in [-0.05, 0) is 37.1 Å². The van der Waals surface area contributed by atoms with E-state index in [-0.39, 0.29) is 0 Å². The third-order valence-corrected chi connectivity index (χ3v) is 3.26. The fraction of sp³-hybridized carbons (Fsp3) is 0.412. The van der Waals surface area contributed by atoms with Gasteiger partial charge in [0, 0.05) is 25.0 Å². The first-order valence-corrected chi connectivity index (χ1v) is 7.05. The number of aryl methyl sites for hydroxylation is 1. The van der Waals surface area contributed by atoms with Crippen molar-refractivity contribution in [3.8, 4) is 0 Å². The van der Waals surface area contributed by atoms with Gasteiger partial charge in [0.25, 0.3) is 0 Å². The van der Waals surface area contributed by atoms with Gasteiger partial charge in [-0.15, -0.1) is 0 Å². The van der Waals surface area contributed by atoms with E-state index in [0.717, 1.165) is 19.6 Å². The van der Waals surface area contributed by atoms with E-state index in [0.29, 0.717) is 5.92 Å². The lowest BCUT2D eigenvalue weighted by molar-refractivity contribution is 0.539. The highest BCUT2D eigenvalue weighted by Gasteiger charge is 2.02. The molecule has 19 heavy (non-hydrogen) atoms. The van der Waals surface area contributed by atoms with Crippen molar-refractivity contribution in [3.63, 3.8) is 0 Å². The number of rotatable bonds is 6. The molecule has 0 aliphatic heterocycles. The van der Waals surface area contributed by atoms with E-state index < -0.39 is 0 Å². The van der Waals surface area contributed by atoms with E-state index in [4.69, 9.17) is 0 Å². The van der Waals surface area contributed by atoms with Gasteiger partial charge in [-0.25, -0.2) is 0 Å². The SMILES string of the molecule is Cc1ccc(Cn2cccc2CNCC(C)C)cc1. The van der Waals surface area contributed by atoms with E-state index in [9.17, 15) is 0 Å². The monoisotopic (exact) mass is 256 g/mol. The van der Waals surface area contributed by atoms with E-state index in [2.05, 4.69) is 73.3 Å². The Hall–Kier alpha value is -1.54. The van der Waals surface area contributed by atoms with Crippen LogP contribution in [0.5, 0.6) is 0 Å². The molecule has 0 saturated carbocycles. The van der Waals surface area contributed by atoms with Crippen LogP contribution in [0.3, 0.4) is 0 Å². The summed E-state index contributed by atoms with van der Waals surface area (Å²) in [4.78, 5) is 0. The predicted molar refractivity (Wildman–Crippen MR) is 81.3 cm³/mol. The lowest BCUT2D eigenvalue weighted by Crippen LogP contribution is -2.20. The fourth-order valence-electron chi connectivity index (χ4n) is 2.14. The zero-order valence-electron chi connectivity index (χ0n) is 12.2. The van der Waals surface area contributed by atoms with E-state index in [1.807, 2.05) is 0 Å². The van der Waals surface area contributed by atoms with Crippen LogP contribution in [0, 0.1) is 12.8 Å². The van der Waals surface area contributed by atoms with Crippen LogP contribution < -0.4 is 5.32 Å². The Bertz CT molecular complexity index is 494. The zero-order valence-corrected chi connectivity index (χ0v) is 12.2. The summed E-state index contributed by atoms with van der Waals surface area (Å²) in [6.45, 7) is 9.55. The standard InChI is InChI=1S/C17H24N2/c1-14(2)11-18-12-17-5-4-10-19(17)13-16-8-6-15(3)7-9-16/h4-10,14,18H,11-13H2,1-3H3. The molecule has 0 spiro atoms. The van der Waals surface area contributed by atoms with Gasteiger partial charge < -0.3 is 9.88 Å². The molecular weight excluding hydrogens is 232 g/mol. The highest BCUT2D eigenvalue weighted by atomic mass is 15.0. The molecule has 0 aliphatic carbocycles. The molecule has 0 unspecified atom stereocenters. The number of nitrogens with one attached hydrogen (secondary N) is 1. The number of hydrogen-bond donors (Lipinski definition) is 1. The number of nitrogens with zero attached hydrogens (tertiary/aromatic N) is 1. The zero-order chi connectivity index (χ0) is 13.7. The van der Waals surface area contributed by atoms with Crippen LogP contribution in [0.2, 0.25) is 0 Å². The molecule has 102 valence electrons. The molecule has 0 aliphatic rings. The predicted octanol–water partition coefficient (Wildman–Crippen LogP) is 3.59. The minimum absolute atomic E-state index is 0.695. The Labute approximate surface area is 116 Å². The second-order valence-corrected chi connectivity index (χ2v) is 5.64. The smallest absolute Gasteiger partial charge is 0.0473 e. The lowest BCUT2D eigenvalue weighted by Gasteiger charge is -2.12. The van der Waals surface area contributed by atoms with Crippen molar-refractivity contribution in [1.29, 1.82) is 0 Å². The van der Waals surface area contributed by atoms with Gasteiger partial charge in [-0.1, -0.05) is 43.7 Å². The van der Waals surface area contributed by atoms with Crippen LogP contribution in [0.25, 0.3) is 0 Å². The molecule has 0 radical (unpaired) electrons. The molecule has 0 bridgehead atoms. The topological polar surface area (TPSA) is 17.0 Å². The average Bonchev–Trinajstić information content (AvgIpc) is 2.79. The van der Waals surface area contributed by atoms with Crippen molar-refractivity contribution < 1.29 is 0 Å². The maximum absolute atomic E-state index is 3.50. The highest BCUT2D eigenvalue weighted by molar-refractivity contribution is 5.22. The quantitative estimate of drug-likeness (QED) is 0.835. The normalized spacial score (nSPS) is 11.2. The van der Waals surface area contributed by atoms with Gasteiger partial charge in [0.1, 0.15) is 0 Å². The van der Waals surface area contributed by atoms with E-state index in [1.165, 1.54) is 16.8 Å². The fourth-order valence-corrected chi connectivity index (χ4v) is 2.14. The summed E-state index contributed by atoms with van der Waals surface area (Å²) in [6, 6.07) is 13.1. The molecule has 2 aromatic rings. The van der Waals surface area contributed by atoms with E-state index in [1.54, 1.807) is 0 Å². The molecule has 0 fully saturated rings. The second kappa shape index (κ2) is 6.58. The number of aromatic nitrogens is 1. The third-order valence-electron chi connectivity index (χ3n) is 3.26. The Morgan fingerprint density at radius 3 is 2.53 bits per heavy atom. The second-order valence-electron chi connectivity index (χ2n) is 5.64. The molecule has 0 saturated heterocycles. The number of benzene rings is 1. The lowest BCUT2D eigenvalue weighted by atomic mass is 10.1. The molecule has 2 nitrogen and oxygen atoms in total. The summed E-state index contributed by atoms with van der Waals surface area (Å²) in [5, 5.41) is 3.50. The molecule has 0 atom stereocenters. The summed E-state index contributed by atoms with van der Waals surface area (Å²) >= 11 is 0. The van der Waals surface area contributed by atoms with Crippen molar-refractivity contribution in [2.45, 2.75) is 33.9 Å². The molecule has 1 aromatic carbocycles. The van der Waals surface area contributed by atoms with Crippen molar-refractivity contribution in [3.05, 3.63) is 59.4 Å². The average molecular weight is 256 g/mol. The minimum Gasteiger partial charge on any atom is -0.346 e. The molecular formula is C17H24N2. The van der Waals surface area contributed by atoms with Crippen molar-refractivity contribution in [1.82, 2.24) is 9.88 Å². The Balaban J connectivity index is 1.97. The molecule has 1 N–H and O–H groups in total. The first-order valence-electron chi connectivity index (χ1n) is 7.05. The number of hydrogen-bond acceptors (Lipinski definition) is 1. The van der Waals surface area contributed by atoms with Gasteiger partial charge >= 0.3 is 0 Å². The maximum atomic E-state index is 3.50. The maximum Gasteiger partial charge on any atom is 0.0473 e. The van der Waals surface area contributed by atoms with Crippen LogP contribution in [0.15, 0.2) is 42.6 Å².